The lowest BCUT2D eigenvalue weighted by Crippen LogP contribution is -2.39. The summed E-state index contributed by atoms with van der Waals surface area (Å²) in [4.78, 5) is 33.6. The number of nitrogens with one attached hydrogen (secondary N) is 2. The summed E-state index contributed by atoms with van der Waals surface area (Å²) in [5, 5.41) is 14.8. The van der Waals surface area contributed by atoms with E-state index in [0.717, 1.165) is 0 Å². The maximum atomic E-state index is 11.6. The molecule has 0 aliphatic heterocycles. The first-order chi connectivity index (χ1) is 11.3. The van der Waals surface area contributed by atoms with Gasteiger partial charge in [-0.25, -0.2) is 10.2 Å². The van der Waals surface area contributed by atoms with Crippen molar-refractivity contribution < 1.29 is 24.2 Å². The predicted octanol–water partition coefficient (Wildman–Crippen LogP) is 1.13. The summed E-state index contributed by atoms with van der Waals surface area (Å²) < 4.78 is 5.84. The third kappa shape index (κ3) is 7.23. The zero-order chi connectivity index (χ0) is 18.1. The zero-order valence-corrected chi connectivity index (χ0v) is 14.8. The van der Waals surface area contributed by atoms with Crippen LogP contribution < -0.4 is 15.5 Å². The first-order valence-corrected chi connectivity index (χ1v) is 7.84. The van der Waals surface area contributed by atoms with Gasteiger partial charge in [-0.05, 0) is 24.1 Å². The Bertz CT molecular complexity index is 646. The Hall–Kier alpha value is -2.42. The van der Waals surface area contributed by atoms with Crippen LogP contribution >= 0.6 is 15.9 Å². The van der Waals surface area contributed by atoms with Crippen molar-refractivity contribution in [2.24, 2.45) is 11.0 Å². The molecule has 3 N–H and O–H groups in total. The lowest BCUT2D eigenvalue weighted by molar-refractivity contribution is -0.139. The van der Waals surface area contributed by atoms with Crippen LogP contribution in [0.1, 0.15) is 19.4 Å². The molecule has 9 heteroatoms. The second-order valence-corrected chi connectivity index (χ2v) is 6.08. The molecule has 0 atom stereocenters. The molecule has 0 radical (unpaired) electrons. The predicted molar refractivity (Wildman–Crippen MR) is 90.9 cm³/mol. The molecule has 0 saturated heterocycles. The van der Waals surface area contributed by atoms with Crippen molar-refractivity contribution >= 4 is 39.9 Å². The number of rotatable bonds is 7. The number of amides is 2. The number of hydrazone groups is 1. The number of carbonyl (C=O) groups excluding carboxylic acids is 2. The molecule has 0 heterocycles. The molecule has 8 nitrogen and oxygen atoms in total. The van der Waals surface area contributed by atoms with E-state index >= 15 is 0 Å². The van der Waals surface area contributed by atoms with Gasteiger partial charge in [-0.15, -0.1) is 0 Å². The highest BCUT2D eigenvalue weighted by Crippen LogP contribution is 2.21. The van der Waals surface area contributed by atoms with Crippen molar-refractivity contribution in [2.45, 2.75) is 13.8 Å². The first kappa shape index (κ1) is 19.6. The van der Waals surface area contributed by atoms with Crippen LogP contribution in [0, 0.1) is 5.92 Å². The van der Waals surface area contributed by atoms with Crippen LogP contribution in [0.3, 0.4) is 0 Å². The van der Waals surface area contributed by atoms with E-state index in [0.29, 0.717) is 16.6 Å². The van der Waals surface area contributed by atoms with E-state index in [1.807, 2.05) is 13.8 Å². The largest absolute Gasteiger partial charge is 0.481 e. The topological polar surface area (TPSA) is 117 Å². The Morgan fingerprint density at radius 3 is 2.67 bits per heavy atom. The molecule has 0 aromatic heterocycles. The van der Waals surface area contributed by atoms with Crippen molar-refractivity contribution in [1.82, 2.24) is 10.7 Å². The normalized spacial score (nSPS) is 10.7. The number of aliphatic carboxylic acids is 1. The fourth-order valence-corrected chi connectivity index (χ4v) is 1.86. The van der Waals surface area contributed by atoms with Gasteiger partial charge >= 0.3 is 17.8 Å². The van der Waals surface area contributed by atoms with Gasteiger partial charge in [0.2, 0.25) is 0 Å². The summed E-state index contributed by atoms with van der Waals surface area (Å²) >= 11 is 3.27. The Morgan fingerprint density at radius 2 is 2.04 bits per heavy atom. The van der Waals surface area contributed by atoms with Gasteiger partial charge in [-0.2, -0.15) is 5.10 Å². The summed E-state index contributed by atoms with van der Waals surface area (Å²) in [7, 11) is 0. The molecule has 0 aliphatic carbocycles. The Kier molecular flexibility index (Phi) is 7.90. The molecule has 24 heavy (non-hydrogen) atoms. The molecular weight excluding hydrogens is 382 g/mol. The minimum atomic E-state index is -1.11. The number of hydrogen-bond acceptors (Lipinski definition) is 5. The van der Waals surface area contributed by atoms with Crippen molar-refractivity contribution in [1.29, 1.82) is 0 Å². The Balaban J connectivity index is 2.68. The average Bonchev–Trinajstić information content (AvgIpc) is 2.51. The monoisotopic (exact) mass is 399 g/mol. The molecule has 2 amide bonds. The quantitative estimate of drug-likeness (QED) is 0.361. The van der Waals surface area contributed by atoms with Crippen LogP contribution in [0.25, 0.3) is 0 Å². The SMILES string of the molecule is CC(C)CNC(=O)C(=O)N/N=C\c1cc(Br)ccc1OCC(=O)O. The number of carboxylic acids is 1. The number of benzene rings is 1. The van der Waals surface area contributed by atoms with Crippen LogP contribution in [0.5, 0.6) is 5.75 Å². The van der Waals surface area contributed by atoms with Crippen LogP contribution in [-0.2, 0) is 14.4 Å². The molecule has 0 fully saturated rings. The highest BCUT2D eigenvalue weighted by molar-refractivity contribution is 9.10. The second-order valence-electron chi connectivity index (χ2n) is 5.17. The van der Waals surface area contributed by atoms with E-state index in [1.165, 1.54) is 6.21 Å². The molecule has 130 valence electrons. The highest BCUT2D eigenvalue weighted by Gasteiger charge is 2.12. The maximum absolute atomic E-state index is 11.6. The molecule has 0 bridgehead atoms. The average molecular weight is 400 g/mol. The van der Waals surface area contributed by atoms with E-state index in [2.05, 4.69) is 31.8 Å². The number of carboxylic acid groups (broad SMARTS) is 1. The summed E-state index contributed by atoms with van der Waals surface area (Å²) in [5.74, 6) is -2.29. The first-order valence-electron chi connectivity index (χ1n) is 7.05. The van der Waals surface area contributed by atoms with Gasteiger partial charge in [0.15, 0.2) is 6.61 Å². The van der Waals surface area contributed by atoms with E-state index in [-0.39, 0.29) is 11.7 Å². The number of hydrogen-bond donors (Lipinski definition) is 3. The van der Waals surface area contributed by atoms with Crippen molar-refractivity contribution in [3.05, 3.63) is 28.2 Å². The molecule has 0 aliphatic rings. The second kappa shape index (κ2) is 9.66. The zero-order valence-electron chi connectivity index (χ0n) is 13.2. The molecule has 1 rings (SSSR count). The van der Waals surface area contributed by atoms with Gasteiger partial charge in [0.25, 0.3) is 0 Å². The van der Waals surface area contributed by atoms with Crippen LogP contribution in [0.15, 0.2) is 27.8 Å². The third-order valence-corrected chi connectivity index (χ3v) is 3.06. The lowest BCUT2D eigenvalue weighted by atomic mass is 10.2. The number of ether oxygens (including phenoxy) is 1. The van der Waals surface area contributed by atoms with Gasteiger partial charge in [-0.3, -0.25) is 9.59 Å². The summed E-state index contributed by atoms with van der Waals surface area (Å²) in [6.45, 7) is 3.69. The molecule has 0 spiro atoms. The Morgan fingerprint density at radius 1 is 1.33 bits per heavy atom. The van der Waals surface area contributed by atoms with Crippen LogP contribution in [0.2, 0.25) is 0 Å². The van der Waals surface area contributed by atoms with Crippen LogP contribution in [-0.4, -0.2) is 42.3 Å². The fourth-order valence-electron chi connectivity index (χ4n) is 1.48. The molecule has 1 aromatic carbocycles. The van der Waals surface area contributed by atoms with Gasteiger partial charge in [0, 0.05) is 16.6 Å². The minimum absolute atomic E-state index is 0.223. The van der Waals surface area contributed by atoms with E-state index in [9.17, 15) is 14.4 Å². The maximum Gasteiger partial charge on any atom is 0.341 e. The van der Waals surface area contributed by atoms with E-state index < -0.39 is 24.4 Å². The molecule has 0 unspecified atom stereocenters. The third-order valence-electron chi connectivity index (χ3n) is 2.57. The minimum Gasteiger partial charge on any atom is -0.481 e. The van der Waals surface area contributed by atoms with E-state index in [4.69, 9.17) is 9.84 Å². The van der Waals surface area contributed by atoms with E-state index in [1.54, 1.807) is 18.2 Å². The van der Waals surface area contributed by atoms with Gasteiger partial charge in [0.05, 0.1) is 6.21 Å². The number of carbonyl (C=O) groups is 3. The lowest BCUT2D eigenvalue weighted by Gasteiger charge is -2.08. The van der Waals surface area contributed by atoms with Crippen molar-refractivity contribution in [3.8, 4) is 5.75 Å². The van der Waals surface area contributed by atoms with Crippen LogP contribution in [0.4, 0.5) is 0 Å². The van der Waals surface area contributed by atoms with Gasteiger partial charge in [-0.1, -0.05) is 29.8 Å². The van der Waals surface area contributed by atoms with Crippen molar-refractivity contribution in [3.63, 3.8) is 0 Å². The van der Waals surface area contributed by atoms with Crippen molar-refractivity contribution in [2.75, 3.05) is 13.2 Å². The molecule has 0 saturated carbocycles. The smallest absolute Gasteiger partial charge is 0.341 e. The molecule has 1 aromatic rings. The number of halogens is 1. The van der Waals surface area contributed by atoms with Gasteiger partial charge in [0.1, 0.15) is 5.75 Å². The summed E-state index contributed by atoms with van der Waals surface area (Å²) in [6.07, 6.45) is 1.26. The summed E-state index contributed by atoms with van der Waals surface area (Å²) in [6, 6.07) is 4.86. The fraction of sp³-hybridized carbons (Fsp3) is 0.333. The number of nitrogens with zero attached hydrogens (tertiary/aromatic N) is 1. The highest BCUT2D eigenvalue weighted by atomic mass is 79.9. The standard InChI is InChI=1S/C15H18BrN3O5/c1-9(2)6-17-14(22)15(23)19-18-7-10-5-11(16)3-4-12(10)24-8-13(20)21/h3-5,7,9H,6,8H2,1-2H3,(H,17,22)(H,19,23)(H,20,21)/b18-7-. The molecular formula is C15H18BrN3O5. The summed E-state index contributed by atoms with van der Waals surface area (Å²) in [5.41, 5.74) is 2.54. The van der Waals surface area contributed by atoms with Gasteiger partial charge < -0.3 is 15.2 Å². The Labute approximate surface area is 147 Å².